The van der Waals surface area contributed by atoms with Crippen LogP contribution in [0.4, 0.5) is 5.69 Å². The molecule has 0 amide bonds. The molecule has 1 aromatic rings. The highest BCUT2D eigenvalue weighted by atomic mass is 79.9. The van der Waals surface area contributed by atoms with Crippen molar-refractivity contribution in [3.05, 3.63) is 28.2 Å². The van der Waals surface area contributed by atoms with Gasteiger partial charge in [-0.25, -0.2) is 0 Å². The van der Waals surface area contributed by atoms with Crippen LogP contribution in [0.25, 0.3) is 0 Å². The number of aryl methyl sites for hydroxylation is 1. The first kappa shape index (κ1) is 16.5. The van der Waals surface area contributed by atoms with Crippen LogP contribution in [0.1, 0.15) is 52.0 Å². The monoisotopic (exact) mass is 327 g/mol. The van der Waals surface area contributed by atoms with Gasteiger partial charge in [0, 0.05) is 16.8 Å². The molecule has 1 atom stereocenters. The summed E-state index contributed by atoms with van der Waals surface area (Å²) in [6.07, 6.45) is 6.02. The van der Waals surface area contributed by atoms with Crippen LogP contribution in [0, 0.1) is 0 Å². The van der Waals surface area contributed by atoms with E-state index in [1.807, 2.05) is 0 Å². The van der Waals surface area contributed by atoms with Gasteiger partial charge >= 0.3 is 0 Å². The predicted molar refractivity (Wildman–Crippen MR) is 86.7 cm³/mol. The topological polar surface area (TPSA) is 21.3 Å². The Hall–Kier alpha value is -0.540. The van der Waals surface area contributed by atoms with Crippen molar-refractivity contribution < 1.29 is 4.74 Å². The van der Waals surface area contributed by atoms with Gasteiger partial charge in [0.25, 0.3) is 0 Å². The van der Waals surface area contributed by atoms with Crippen LogP contribution in [0.2, 0.25) is 0 Å². The lowest BCUT2D eigenvalue weighted by molar-refractivity contribution is 0.0853. The van der Waals surface area contributed by atoms with Gasteiger partial charge < -0.3 is 10.1 Å². The standard InChI is InChI=1S/C16H26BrNO/c1-4-6-7-8-14-12-15(17)9-10-16(14)18-13(3)19-11-5-2/h9-10,12-13,18H,4-8,11H2,1-3H3. The van der Waals surface area contributed by atoms with E-state index in [4.69, 9.17) is 4.74 Å². The van der Waals surface area contributed by atoms with Crippen LogP contribution in [0.15, 0.2) is 22.7 Å². The molecule has 0 fully saturated rings. The average Bonchev–Trinajstić information content (AvgIpc) is 2.39. The molecule has 3 heteroatoms. The minimum absolute atomic E-state index is 0.0612. The number of benzene rings is 1. The Morgan fingerprint density at radius 1 is 1.21 bits per heavy atom. The highest BCUT2D eigenvalue weighted by molar-refractivity contribution is 9.10. The van der Waals surface area contributed by atoms with Gasteiger partial charge in [-0.1, -0.05) is 42.6 Å². The average molecular weight is 328 g/mol. The van der Waals surface area contributed by atoms with E-state index < -0.39 is 0 Å². The molecule has 1 N–H and O–H groups in total. The van der Waals surface area contributed by atoms with E-state index in [0.29, 0.717) is 0 Å². The molecule has 2 nitrogen and oxygen atoms in total. The van der Waals surface area contributed by atoms with Crippen LogP contribution >= 0.6 is 15.9 Å². The fourth-order valence-corrected chi connectivity index (χ4v) is 2.44. The maximum atomic E-state index is 5.68. The number of rotatable bonds is 9. The second-order valence-corrected chi connectivity index (χ2v) is 5.83. The van der Waals surface area contributed by atoms with E-state index >= 15 is 0 Å². The van der Waals surface area contributed by atoms with E-state index in [1.54, 1.807) is 0 Å². The van der Waals surface area contributed by atoms with Gasteiger partial charge in [0.15, 0.2) is 0 Å². The summed E-state index contributed by atoms with van der Waals surface area (Å²) in [5, 5.41) is 3.46. The minimum atomic E-state index is 0.0612. The Balaban J connectivity index is 2.64. The molecular weight excluding hydrogens is 302 g/mol. The van der Waals surface area contributed by atoms with E-state index in [0.717, 1.165) is 23.9 Å². The van der Waals surface area contributed by atoms with Crippen molar-refractivity contribution >= 4 is 21.6 Å². The molecule has 1 rings (SSSR count). The number of hydrogen-bond donors (Lipinski definition) is 1. The molecule has 0 aliphatic rings. The van der Waals surface area contributed by atoms with Gasteiger partial charge in [-0.2, -0.15) is 0 Å². The largest absolute Gasteiger partial charge is 0.360 e. The van der Waals surface area contributed by atoms with Crippen molar-refractivity contribution in [3.8, 4) is 0 Å². The quantitative estimate of drug-likeness (QED) is 0.486. The number of halogens is 1. The molecule has 108 valence electrons. The molecule has 1 unspecified atom stereocenters. The zero-order valence-corrected chi connectivity index (χ0v) is 13.9. The van der Waals surface area contributed by atoms with Crippen LogP contribution in [-0.2, 0) is 11.2 Å². The third kappa shape index (κ3) is 6.44. The summed E-state index contributed by atoms with van der Waals surface area (Å²) in [6, 6.07) is 6.43. The lowest BCUT2D eigenvalue weighted by atomic mass is 10.1. The summed E-state index contributed by atoms with van der Waals surface area (Å²) in [5.41, 5.74) is 2.57. The maximum absolute atomic E-state index is 5.68. The van der Waals surface area contributed by atoms with Gasteiger partial charge in [-0.15, -0.1) is 0 Å². The summed E-state index contributed by atoms with van der Waals surface area (Å²) < 4.78 is 6.83. The molecule has 19 heavy (non-hydrogen) atoms. The molecule has 0 heterocycles. The number of unbranched alkanes of at least 4 members (excludes halogenated alkanes) is 2. The van der Waals surface area contributed by atoms with Crippen molar-refractivity contribution in [1.29, 1.82) is 0 Å². The molecule has 0 spiro atoms. The summed E-state index contributed by atoms with van der Waals surface area (Å²) in [5.74, 6) is 0. The van der Waals surface area contributed by atoms with E-state index in [2.05, 4.69) is 60.2 Å². The third-order valence-electron chi connectivity index (χ3n) is 3.05. The SMILES string of the molecule is CCCCCc1cc(Br)ccc1NC(C)OCCC. The van der Waals surface area contributed by atoms with E-state index in [9.17, 15) is 0 Å². The van der Waals surface area contributed by atoms with Gasteiger partial charge in [0.05, 0.1) is 0 Å². The minimum Gasteiger partial charge on any atom is -0.360 e. The Labute approximate surface area is 126 Å². The van der Waals surface area contributed by atoms with E-state index in [-0.39, 0.29) is 6.23 Å². The number of anilines is 1. The van der Waals surface area contributed by atoms with Gasteiger partial charge in [-0.05, 0) is 49.9 Å². The van der Waals surface area contributed by atoms with Crippen molar-refractivity contribution in [2.24, 2.45) is 0 Å². The molecule has 0 saturated carbocycles. The number of ether oxygens (including phenoxy) is 1. The molecule has 0 aliphatic carbocycles. The second kappa shape index (κ2) is 9.38. The third-order valence-corrected chi connectivity index (χ3v) is 3.54. The zero-order valence-electron chi connectivity index (χ0n) is 12.3. The Kier molecular flexibility index (Phi) is 8.15. The normalized spacial score (nSPS) is 12.4. The smallest absolute Gasteiger partial charge is 0.124 e. The molecule has 0 aliphatic heterocycles. The molecule has 1 aromatic carbocycles. The van der Waals surface area contributed by atoms with Gasteiger partial charge in [-0.3, -0.25) is 0 Å². The first-order chi connectivity index (χ1) is 9.17. The van der Waals surface area contributed by atoms with Crippen LogP contribution in [0.3, 0.4) is 0 Å². The van der Waals surface area contributed by atoms with Crippen LogP contribution < -0.4 is 5.32 Å². The fraction of sp³-hybridized carbons (Fsp3) is 0.625. The summed E-state index contributed by atoms with van der Waals surface area (Å²) in [7, 11) is 0. The van der Waals surface area contributed by atoms with Gasteiger partial charge in [0.2, 0.25) is 0 Å². The first-order valence-electron chi connectivity index (χ1n) is 7.34. The molecule has 0 aromatic heterocycles. The van der Waals surface area contributed by atoms with Crippen molar-refractivity contribution in [2.75, 3.05) is 11.9 Å². The van der Waals surface area contributed by atoms with Crippen molar-refractivity contribution in [1.82, 2.24) is 0 Å². The summed E-state index contributed by atoms with van der Waals surface area (Å²) in [6.45, 7) is 7.23. The lowest BCUT2D eigenvalue weighted by Gasteiger charge is -2.19. The Morgan fingerprint density at radius 3 is 2.68 bits per heavy atom. The lowest BCUT2D eigenvalue weighted by Crippen LogP contribution is -2.20. The summed E-state index contributed by atoms with van der Waals surface area (Å²) in [4.78, 5) is 0. The number of hydrogen-bond acceptors (Lipinski definition) is 2. The van der Waals surface area contributed by atoms with Crippen LogP contribution in [0.5, 0.6) is 0 Å². The second-order valence-electron chi connectivity index (χ2n) is 4.92. The highest BCUT2D eigenvalue weighted by Gasteiger charge is 2.07. The van der Waals surface area contributed by atoms with Crippen molar-refractivity contribution in [3.63, 3.8) is 0 Å². The molecular formula is C16H26BrNO. The fourth-order valence-electron chi connectivity index (χ4n) is 2.03. The first-order valence-corrected chi connectivity index (χ1v) is 8.13. The zero-order chi connectivity index (χ0) is 14.1. The highest BCUT2D eigenvalue weighted by Crippen LogP contribution is 2.24. The molecule has 0 saturated heterocycles. The van der Waals surface area contributed by atoms with Gasteiger partial charge in [0.1, 0.15) is 6.23 Å². The number of nitrogens with one attached hydrogen (secondary N) is 1. The summed E-state index contributed by atoms with van der Waals surface area (Å²) >= 11 is 3.55. The Morgan fingerprint density at radius 2 is 2.00 bits per heavy atom. The van der Waals surface area contributed by atoms with E-state index in [1.165, 1.54) is 30.5 Å². The Bertz CT molecular complexity index is 368. The molecule has 0 bridgehead atoms. The predicted octanol–water partition coefficient (Wildman–Crippen LogP) is 5.37. The van der Waals surface area contributed by atoms with Crippen molar-refractivity contribution in [2.45, 2.75) is 59.1 Å². The molecule has 0 radical (unpaired) electrons. The van der Waals surface area contributed by atoms with Crippen LogP contribution in [-0.4, -0.2) is 12.8 Å². The maximum Gasteiger partial charge on any atom is 0.124 e.